The molecule has 3 atom stereocenters. The zero-order valence-electron chi connectivity index (χ0n) is 8.01. The van der Waals surface area contributed by atoms with Gasteiger partial charge in [-0.3, -0.25) is 0 Å². The zero-order chi connectivity index (χ0) is 7.56. The van der Waals surface area contributed by atoms with Gasteiger partial charge in [0.1, 0.15) is 0 Å². The van der Waals surface area contributed by atoms with Crippen LogP contribution in [0.3, 0.4) is 0 Å². The van der Waals surface area contributed by atoms with Crippen molar-refractivity contribution in [3.05, 3.63) is 0 Å². The molecule has 0 amide bonds. The van der Waals surface area contributed by atoms with Crippen LogP contribution in [-0.4, -0.2) is 24.3 Å². The van der Waals surface area contributed by atoms with E-state index in [-0.39, 0.29) is 54.5 Å². The van der Waals surface area contributed by atoms with Gasteiger partial charge in [0.15, 0.2) is 0 Å². The summed E-state index contributed by atoms with van der Waals surface area (Å²) >= 11 is 0. The smallest absolute Gasteiger partial charge is 0.0835 e. The molecule has 1 saturated heterocycles. The average Bonchev–Trinajstić information content (AvgIpc) is 2.34. The fraction of sp³-hybridized carbons (Fsp3) is 1.00. The maximum atomic E-state index is 11.2. The summed E-state index contributed by atoms with van der Waals surface area (Å²) in [5.41, 5.74) is 0. The number of rotatable bonds is 2. The van der Waals surface area contributed by atoms with Gasteiger partial charge in [0.2, 0.25) is 0 Å². The molecule has 0 aromatic carbocycles. The van der Waals surface area contributed by atoms with E-state index in [0.29, 0.717) is 6.04 Å². The third kappa shape index (κ3) is 5.66. The van der Waals surface area contributed by atoms with Crippen LogP contribution in [0.15, 0.2) is 0 Å². The van der Waals surface area contributed by atoms with Gasteiger partial charge in [0.05, 0.1) is 12.6 Å². The molecule has 1 aliphatic heterocycles. The molecule has 89 valence electrons. The Kier molecular flexibility index (Phi) is 15.0. The summed E-state index contributed by atoms with van der Waals surface area (Å²) < 4.78 is 0. The Morgan fingerprint density at radius 2 is 2.08 bits per heavy atom. The molecule has 1 rings (SSSR count). The quantitative estimate of drug-likeness (QED) is 0.488. The molecule has 13 heavy (non-hydrogen) atoms. The Labute approximate surface area is 110 Å². The summed E-state index contributed by atoms with van der Waals surface area (Å²) in [4.78, 5) is 1.28. The fourth-order valence-corrected chi connectivity index (χ4v) is 1.66. The van der Waals surface area contributed by atoms with E-state index in [4.69, 9.17) is 0 Å². The Morgan fingerprint density at radius 3 is 2.38 bits per heavy atom. The van der Waals surface area contributed by atoms with Crippen molar-refractivity contribution in [2.45, 2.75) is 45.4 Å². The Bertz CT molecular complexity index is 118. The van der Waals surface area contributed by atoms with Crippen molar-refractivity contribution in [2.24, 2.45) is 0 Å². The molecule has 0 saturated carbocycles. The van der Waals surface area contributed by atoms with Gasteiger partial charge in [0, 0.05) is 55.5 Å². The normalized spacial score (nSPS) is 27.9. The van der Waals surface area contributed by atoms with Crippen LogP contribution in [-0.2, 0) is 42.8 Å². The summed E-state index contributed by atoms with van der Waals surface area (Å²) in [7, 11) is 0. The SMILES string of the molecule is CCC(C)[NH+]1CCCC1[O-].O.[Au].[Pd]. The fourth-order valence-electron chi connectivity index (χ4n) is 1.66. The third-order valence-corrected chi connectivity index (χ3v) is 2.59. The third-order valence-electron chi connectivity index (χ3n) is 2.59. The van der Waals surface area contributed by atoms with E-state index in [1.807, 2.05) is 0 Å². The van der Waals surface area contributed by atoms with E-state index in [0.717, 1.165) is 25.8 Å². The topological polar surface area (TPSA) is 59.0 Å². The molecule has 0 aromatic heterocycles. The molecule has 0 spiro atoms. The monoisotopic (exact) mass is 464 g/mol. The molecular formula is C8H19AuNO2Pd. The first-order valence-electron chi connectivity index (χ1n) is 4.27. The van der Waals surface area contributed by atoms with Crippen LogP contribution in [0.25, 0.3) is 0 Å². The van der Waals surface area contributed by atoms with Crippen LogP contribution in [0.2, 0.25) is 0 Å². The van der Waals surface area contributed by atoms with E-state index >= 15 is 0 Å². The molecule has 3 unspecified atom stereocenters. The predicted octanol–water partition coefficient (Wildman–Crippen LogP) is -1.68. The van der Waals surface area contributed by atoms with Crippen LogP contribution in [0, 0.1) is 0 Å². The van der Waals surface area contributed by atoms with Crippen molar-refractivity contribution in [3.63, 3.8) is 0 Å². The first-order chi connectivity index (χ1) is 4.75. The number of quaternary nitrogens is 1. The molecule has 1 aliphatic rings. The summed E-state index contributed by atoms with van der Waals surface area (Å²) in [6.07, 6.45) is 2.83. The number of nitrogens with one attached hydrogen (secondary N) is 1. The Hall–Kier alpha value is 1.28. The Balaban J connectivity index is -0.000000333. The summed E-state index contributed by atoms with van der Waals surface area (Å²) in [6, 6.07) is 0.574. The molecule has 1 radical (unpaired) electrons. The second kappa shape index (κ2) is 9.82. The van der Waals surface area contributed by atoms with Gasteiger partial charge in [-0.15, -0.1) is 0 Å². The van der Waals surface area contributed by atoms with Crippen LogP contribution in [0.4, 0.5) is 0 Å². The van der Waals surface area contributed by atoms with Crippen molar-refractivity contribution in [3.8, 4) is 0 Å². The van der Waals surface area contributed by atoms with Crippen LogP contribution >= 0.6 is 0 Å². The summed E-state index contributed by atoms with van der Waals surface area (Å²) in [5.74, 6) is 0. The molecule has 0 bridgehead atoms. The number of hydrogen-bond acceptors (Lipinski definition) is 1. The van der Waals surface area contributed by atoms with Gasteiger partial charge in [-0.05, 0) is 19.8 Å². The van der Waals surface area contributed by atoms with Crippen LogP contribution < -0.4 is 10.0 Å². The van der Waals surface area contributed by atoms with Crippen molar-refractivity contribution < 1.29 is 58.3 Å². The van der Waals surface area contributed by atoms with Crippen molar-refractivity contribution in [1.29, 1.82) is 0 Å². The first kappa shape index (κ1) is 19.8. The van der Waals surface area contributed by atoms with E-state index < -0.39 is 0 Å². The van der Waals surface area contributed by atoms with Crippen LogP contribution in [0.1, 0.15) is 33.1 Å². The molecule has 0 aliphatic carbocycles. The van der Waals surface area contributed by atoms with E-state index in [1.54, 1.807) is 0 Å². The minimum absolute atomic E-state index is 0. The van der Waals surface area contributed by atoms with Gasteiger partial charge in [-0.25, -0.2) is 0 Å². The molecule has 5 heteroatoms. The molecule has 1 heterocycles. The van der Waals surface area contributed by atoms with Crippen molar-refractivity contribution in [2.75, 3.05) is 6.54 Å². The zero-order valence-corrected chi connectivity index (χ0v) is 11.7. The van der Waals surface area contributed by atoms with E-state index in [9.17, 15) is 5.11 Å². The maximum absolute atomic E-state index is 11.2. The minimum Gasteiger partial charge on any atom is -0.806 e. The van der Waals surface area contributed by atoms with Gasteiger partial charge in [-0.1, -0.05) is 6.92 Å². The first-order valence-corrected chi connectivity index (χ1v) is 4.27. The average molecular weight is 465 g/mol. The number of likely N-dealkylation sites (tertiary alicyclic amines) is 1. The van der Waals surface area contributed by atoms with Gasteiger partial charge in [-0.2, -0.15) is 0 Å². The minimum atomic E-state index is -0.324. The predicted molar refractivity (Wildman–Crippen MR) is 42.2 cm³/mol. The van der Waals surface area contributed by atoms with Gasteiger partial charge < -0.3 is 15.5 Å². The van der Waals surface area contributed by atoms with Crippen LogP contribution in [0.5, 0.6) is 0 Å². The van der Waals surface area contributed by atoms with E-state index in [2.05, 4.69) is 13.8 Å². The number of hydrogen-bond donors (Lipinski definition) is 1. The molecular weight excluding hydrogens is 445 g/mol. The van der Waals surface area contributed by atoms with Gasteiger partial charge in [0.25, 0.3) is 0 Å². The molecule has 3 N–H and O–H groups in total. The second-order valence-corrected chi connectivity index (χ2v) is 3.27. The standard InChI is InChI=1S/C8H16NO.Au.H2O.Pd/c1-3-7(2)9-6-4-5-8(9)10;;;/h7-8H,3-6H2,1-2H3;;1H2;/q-1;;;/p+1. The summed E-state index contributed by atoms with van der Waals surface area (Å²) in [6.45, 7) is 5.43. The van der Waals surface area contributed by atoms with Crippen molar-refractivity contribution in [1.82, 2.24) is 0 Å². The largest absolute Gasteiger partial charge is 0.806 e. The molecule has 1 fully saturated rings. The Morgan fingerprint density at radius 1 is 1.54 bits per heavy atom. The van der Waals surface area contributed by atoms with Gasteiger partial charge >= 0.3 is 0 Å². The molecule has 0 aromatic rings. The van der Waals surface area contributed by atoms with E-state index in [1.165, 1.54) is 4.90 Å². The molecule has 3 nitrogen and oxygen atoms in total. The summed E-state index contributed by atoms with van der Waals surface area (Å²) in [5, 5.41) is 11.2. The second-order valence-electron chi connectivity index (χ2n) is 3.27. The van der Waals surface area contributed by atoms with Crippen molar-refractivity contribution >= 4 is 0 Å². The maximum Gasteiger partial charge on any atom is 0.0835 e.